The summed E-state index contributed by atoms with van der Waals surface area (Å²) in [4.78, 5) is 34.5. The van der Waals surface area contributed by atoms with Gasteiger partial charge in [-0.1, -0.05) is 18.2 Å². The summed E-state index contributed by atoms with van der Waals surface area (Å²) in [6.07, 6.45) is 0. The van der Waals surface area contributed by atoms with Gasteiger partial charge in [-0.3, -0.25) is 14.4 Å². The molecular formula is C15H8O4. The molecule has 0 unspecified atom stereocenters. The Labute approximate surface area is 106 Å². The van der Waals surface area contributed by atoms with Crippen molar-refractivity contribution < 1.29 is 5.11 Å². The van der Waals surface area contributed by atoms with Crippen molar-refractivity contribution in [3.63, 3.8) is 0 Å². The van der Waals surface area contributed by atoms with E-state index in [1.54, 1.807) is 18.2 Å². The number of fused-ring (bicyclic) bond motifs is 1. The van der Waals surface area contributed by atoms with Gasteiger partial charge in [0, 0.05) is 10.8 Å². The van der Waals surface area contributed by atoms with Crippen LogP contribution in [-0.2, 0) is 0 Å². The highest BCUT2D eigenvalue weighted by Crippen LogP contribution is 2.23. The summed E-state index contributed by atoms with van der Waals surface area (Å²) < 4.78 is 0. The van der Waals surface area contributed by atoms with Crippen LogP contribution in [0.1, 0.15) is 0 Å². The first-order chi connectivity index (χ1) is 9.08. The molecular weight excluding hydrogens is 244 g/mol. The van der Waals surface area contributed by atoms with E-state index in [4.69, 9.17) is 0 Å². The van der Waals surface area contributed by atoms with Gasteiger partial charge in [0.1, 0.15) is 5.75 Å². The van der Waals surface area contributed by atoms with Crippen LogP contribution >= 0.6 is 0 Å². The minimum Gasteiger partial charge on any atom is -0.508 e. The zero-order valence-corrected chi connectivity index (χ0v) is 9.71. The van der Waals surface area contributed by atoms with Crippen molar-refractivity contribution in [1.82, 2.24) is 0 Å². The third-order valence-corrected chi connectivity index (χ3v) is 3.12. The van der Waals surface area contributed by atoms with Crippen molar-refractivity contribution in [3.8, 4) is 16.9 Å². The molecule has 0 spiro atoms. The van der Waals surface area contributed by atoms with Crippen molar-refractivity contribution in [2.75, 3.05) is 0 Å². The Morgan fingerprint density at radius 1 is 0.632 bits per heavy atom. The number of hydrogen-bond acceptors (Lipinski definition) is 4. The molecule has 0 amide bonds. The lowest BCUT2D eigenvalue weighted by Crippen LogP contribution is -2.29. The van der Waals surface area contributed by atoms with Crippen LogP contribution < -0.4 is 16.3 Å². The van der Waals surface area contributed by atoms with Crippen LogP contribution in [0.3, 0.4) is 0 Å². The molecule has 19 heavy (non-hydrogen) atoms. The van der Waals surface area contributed by atoms with Crippen molar-refractivity contribution in [3.05, 3.63) is 73.1 Å². The summed E-state index contributed by atoms with van der Waals surface area (Å²) in [5.74, 6) is 0.145. The second-order valence-electron chi connectivity index (χ2n) is 4.29. The summed E-state index contributed by atoms with van der Waals surface area (Å²) in [6.45, 7) is 0. The van der Waals surface area contributed by atoms with Crippen LogP contribution in [0.4, 0.5) is 0 Å². The molecule has 0 atom stereocenters. The Morgan fingerprint density at radius 2 is 1.21 bits per heavy atom. The summed E-state index contributed by atoms with van der Waals surface area (Å²) in [6, 6.07) is 11.1. The third kappa shape index (κ3) is 1.65. The highest BCUT2D eigenvalue weighted by atomic mass is 16.3. The van der Waals surface area contributed by atoms with Gasteiger partial charge in [0.05, 0.1) is 0 Å². The van der Waals surface area contributed by atoms with Gasteiger partial charge in [-0.15, -0.1) is 0 Å². The molecule has 0 fully saturated rings. The number of hydrogen-bond donors (Lipinski definition) is 1. The number of phenols is 1. The van der Waals surface area contributed by atoms with Gasteiger partial charge in [-0.2, -0.15) is 0 Å². The fourth-order valence-electron chi connectivity index (χ4n) is 2.11. The van der Waals surface area contributed by atoms with Gasteiger partial charge in [0.2, 0.25) is 10.9 Å². The monoisotopic (exact) mass is 252 g/mol. The minimum absolute atomic E-state index is 0.145. The number of phenolic OH excluding ortho intramolecular Hbond substituents is 1. The largest absolute Gasteiger partial charge is 0.508 e. The molecule has 92 valence electrons. The molecule has 0 radical (unpaired) electrons. The molecule has 4 heteroatoms. The normalized spacial score (nSPS) is 10.9. The van der Waals surface area contributed by atoms with Crippen LogP contribution in [0.25, 0.3) is 21.9 Å². The van der Waals surface area contributed by atoms with Crippen LogP contribution in [0.15, 0.2) is 56.8 Å². The van der Waals surface area contributed by atoms with E-state index in [-0.39, 0.29) is 16.5 Å². The summed E-state index contributed by atoms with van der Waals surface area (Å²) in [5, 5.41) is 9.54. The molecule has 3 rings (SSSR count). The van der Waals surface area contributed by atoms with Crippen LogP contribution in [0.2, 0.25) is 0 Å². The molecule has 1 N–H and O–H groups in total. The van der Waals surface area contributed by atoms with E-state index < -0.39 is 16.3 Å². The molecule has 0 heterocycles. The van der Waals surface area contributed by atoms with Crippen LogP contribution in [0, 0.1) is 0 Å². The lowest BCUT2D eigenvalue weighted by atomic mass is 10.0. The topological polar surface area (TPSA) is 71.4 Å². The van der Waals surface area contributed by atoms with E-state index >= 15 is 0 Å². The first-order valence-electron chi connectivity index (χ1n) is 5.65. The quantitative estimate of drug-likeness (QED) is 0.660. The maximum atomic E-state index is 11.6. The van der Waals surface area contributed by atoms with E-state index in [0.717, 1.165) is 11.1 Å². The van der Waals surface area contributed by atoms with Gasteiger partial charge < -0.3 is 5.11 Å². The summed E-state index contributed by atoms with van der Waals surface area (Å²) in [7, 11) is 0. The molecule has 3 aromatic rings. The molecule has 0 aliphatic carbocycles. The smallest absolute Gasteiger partial charge is 0.273 e. The van der Waals surface area contributed by atoms with Crippen LogP contribution in [0.5, 0.6) is 5.75 Å². The van der Waals surface area contributed by atoms with Crippen LogP contribution in [-0.4, -0.2) is 5.11 Å². The molecule has 0 aliphatic heterocycles. The van der Waals surface area contributed by atoms with Gasteiger partial charge in [-0.05, 0) is 35.4 Å². The summed E-state index contributed by atoms with van der Waals surface area (Å²) in [5.41, 5.74) is -0.953. The van der Waals surface area contributed by atoms with E-state index in [0.29, 0.717) is 0 Å². The number of rotatable bonds is 1. The predicted molar refractivity (Wildman–Crippen MR) is 72.2 cm³/mol. The van der Waals surface area contributed by atoms with Gasteiger partial charge >= 0.3 is 0 Å². The fourth-order valence-corrected chi connectivity index (χ4v) is 2.11. The molecule has 0 aromatic heterocycles. The van der Waals surface area contributed by atoms with E-state index in [1.165, 1.54) is 24.3 Å². The Hall–Kier alpha value is -2.75. The van der Waals surface area contributed by atoms with E-state index in [2.05, 4.69) is 0 Å². The second-order valence-corrected chi connectivity index (χ2v) is 4.29. The Balaban J connectivity index is 2.31. The lowest BCUT2D eigenvalue weighted by Gasteiger charge is -2.01. The van der Waals surface area contributed by atoms with Gasteiger partial charge in [0.25, 0.3) is 5.43 Å². The lowest BCUT2D eigenvalue weighted by molar-refractivity contribution is 0.475. The number of aromatic hydroxyl groups is 1. The maximum Gasteiger partial charge on any atom is 0.273 e. The first kappa shape index (κ1) is 11.3. The average molecular weight is 252 g/mol. The molecule has 4 nitrogen and oxygen atoms in total. The third-order valence-electron chi connectivity index (χ3n) is 3.12. The molecule has 0 bridgehead atoms. The van der Waals surface area contributed by atoms with Crippen molar-refractivity contribution in [1.29, 1.82) is 0 Å². The highest BCUT2D eigenvalue weighted by Gasteiger charge is 2.12. The summed E-state index contributed by atoms with van der Waals surface area (Å²) >= 11 is 0. The molecule has 3 aromatic carbocycles. The standard InChI is InChI=1S/C15H8O4/c16-10-4-1-8(2-5-10)9-3-6-11-12(7-9)14(18)15(19)13(11)17/h1-7,16H. The van der Waals surface area contributed by atoms with E-state index in [1.807, 2.05) is 0 Å². The fraction of sp³-hybridized carbons (Fsp3) is 0. The molecule has 0 saturated carbocycles. The zero-order chi connectivity index (χ0) is 13.6. The Kier molecular flexibility index (Phi) is 2.32. The van der Waals surface area contributed by atoms with Crippen molar-refractivity contribution in [2.45, 2.75) is 0 Å². The Morgan fingerprint density at radius 3 is 1.89 bits per heavy atom. The van der Waals surface area contributed by atoms with Crippen molar-refractivity contribution >= 4 is 10.8 Å². The minimum atomic E-state index is -0.974. The second kappa shape index (κ2) is 3.88. The van der Waals surface area contributed by atoms with E-state index in [9.17, 15) is 19.5 Å². The average Bonchev–Trinajstić information content (AvgIpc) is 2.64. The van der Waals surface area contributed by atoms with Gasteiger partial charge in [-0.25, -0.2) is 0 Å². The SMILES string of the molecule is O=c1c(=O)c2ccc(-c3ccc(O)cc3)cc2c1=O. The highest BCUT2D eigenvalue weighted by molar-refractivity contribution is 5.88. The molecule has 0 saturated heterocycles. The Bertz CT molecular complexity index is 914. The van der Waals surface area contributed by atoms with Crippen molar-refractivity contribution in [2.24, 2.45) is 0 Å². The molecule has 0 aliphatic rings. The predicted octanol–water partition coefficient (Wildman–Crippen LogP) is 1.17. The first-order valence-corrected chi connectivity index (χ1v) is 5.65. The number of benzene rings is 2. The van der Waals surface area contributed by atoms with Gasteiger partial charge in [0.15, 0.2) is 0 Å². The maximum absolute atomic E-state index is 11.6. The zero-order valence-electron chi connectivity index (χ0n) is 9.71.